The number of carbonyl (C=O) groups excluding carboxylic acids is 1. The van der Waals surface area contributed by atoms with Crippen molar-refractivity contribution < 1.29 is 9.72 Å². The van der Waals surface area contributed by atoms with Gasteiger partial charge in [-0.1, -0.05) is 28.1 Å². The lowest BCUT2D eigenvalue weighted by molar-refractivity contribution is -0.386. The number of nitrogens with zero attached hydrogens (tertiary/aromatic N) is 2. The van der Waals surface area contributed by atoms with Gasteiger partial charge in [0.25, 0.3) is 0 Å². The Labute approximate surface area is 125 Å². The fraction of sp³-hybridized carbons (Fsp3) is 0.0833. The highest BCUT2D eigenvalue weighted by molar-refractivity contribution is 9.10. The second kappa shape index (κ2) is 5.83. The molecule has 1 N–H and O–H groups in total. The molecule has 0 fully saturated rings. The number of rotatable bonds is 4. The lowest BCUT2D eigenvalue weighted by Crippen LogP contribution is -2.32. The van der Waals surface area contributed by atoms with Crippen LogP contribution in [0.4, 0.5) is 5.69 Å². The lowest BCUT2D eigenvalue weighted by atomic mass is 10.1. The van der Waals surface area contributed by atoms with Crippen LogP contribution in [0.5, 0.6) is 0 Å². The molecular weight excluding hydrogens is 346 g/mol. The molecule has 0 saturated heterocycles. The van der Waals surface area contributed by atoms with Gasteiger partial charge in [-0.3, -0.25) is 29.3 Å². The maximum absolute atomic E-state index is 12.0. The molecule has 0 aliphatic heterocycles. The molecule has 0 radical (unpaired) electrons. The Bertz CT molecular complexity index is 822. The number of benzene rings is 1. The largest absolute Gasteiger partial charge is 0.350 e. The van der Waals surface area contributed by atoms with Gasteiger partial charge in [0.2, 0.25) is 0 Å². The monoisotopic (exact) mass is 353 g/mol. The summed E-state index contributed by atoms with van der Waals surface area (Å²) in [5, 5.41) is 10.7. The Kier molecular flexibility index (Phi) is 4.13. The van der Waals surface area contributed by atoms with Crippen LogP contribution in [-0.4, -0.2) is 20.3 Å². The number of hydrogen-bond acceptors (Lipinski definition) is 5. The van der Waals surface area contributed by atoms with E-state index in [0.29, 0.717) is 5.56 Å². The zero-order valence-electron chi connectivity index (χ0n) is 10.4. The molecule has 0 saturated carbocycles. The first-order valence-corrected chi connectivity index (χ1v) is 6.44. The number of hydrogen-bond donors (Lipinski definition) is 1. The molecule has 8 nitrogen and oxygen atoms in total. The third kappa shape index (κ3) is 3.31. The van der Waals surface area contributed by atoms with Gasteiger partial charge in [-0.05, 0) is 12.1 Å². The summed E-state index contributed by atoms with van der Waals surface area (Å²) in [6.07, 6.45) is 0.762. The van der Waals surface area contributed by atoms with Gasteiger partial charge in [0.1, 0.15) is 0 Å². The zero-order chi connectivity index (χ0) is 15.6. The molecule has 0 bridgehead atoms. The predicted molar refractivity (Wildman–Crippen MR) is 76.4 cm³/mol. The summed E-state index contributed by atoms with van der Waals surface area (Å²) < 4.78 is 1.58. The van der Waals surface area contributed by atoms with Crippen molar-refractivity contribution in [3.05, 3.63) is 71.5 Å². The summed E-state index contributed by atoms with van der Waals surface area (Å²) in [4.78, 5) is 46.3. The molecule has 0 atom stereocenters. The highest BCUT2D eigenvalue weighted by Gasteiger charge is 2.16. The molecule has 0 aliphatic rings. The minimum Gasteiger partial charge on any atom is -0.292 e. The molecule has 2 aromatic rings. The van der Waals surface area contributed by atoms with E-state index in [1.165, 1.54) is 0 Å². The summed E-state index contributed by atoms with van der Waals surface area (Å²) >= 11 is 3.23. The second-order valence-electron chi connectivity index (χ2n) is 4.09. The van der Waals surface area contributed by atoms with E-state index >= 15 is 0 Å². The number of nitro groups is 1. The fourth-order valence-electron chi connectivity index (χ4n) is 1.63. The third-order valence-electron chi connectivity index (χ3n) is 2.67. The van der Waals surface area contributed by atoms with Crippen LogP contribution in [0.3, 0.4) is 0 Å². The molecule has 1 heterocycles. The topological polar surface area (TPSA) is 115 Å². The summed E-state index contributed by atoms with van der Waals surface area (Å²) in [5.74, 6) is -0.411. The van der Waals surface area contributed by atoms with Gasteiger partial charge in [0.15, 0.2) is 5.78 Å². The van der Waals surface area contributed by atoms with Crippen LogP contribution in [0.25, 0.3) is 0 Å². The van der Waals surface area contributed by atoms with Crippen molar-refractivity contribution in [2.75, 3.05) is 0 Å². The Morgan fingerprint density at radius 2 is 1.90 bits per heavy atom. The van der Waals surface area contributed by atoms with Crippen LogP contribution < -0.4 is 11.2 Å². The SMILES string of the molecule is O=C(Cn1cc([N+](=O)[O-])c(=O)[nH]c1=O)c1ccc(Br)cc1. The van der Waals surface area contributed by atoms with Crippen LogP contribution >= 0.6 is 15.9 Å². The summed E-state index contributed by atoms with van der Waals surface area (Å²) in [6.45, 7) is -0.405. The van der Waals surface area contributed by atoms with Crippen molar-refractivity contribution in [2.24, 2.45) is 0 Å². The first-order valence-electron chi connectivity index (χ1n) is 5.65. The number of H-pyrrole nitrogens is 1. The van der Waals surface area contributed by atoms with Crippen LogP contribution in [0.15, 0.2) is 44.5 Å². The average Bonchev–Trinajstić information content (AvgIpc) is 2.42. The van der Waals surface area contributed by atoms with E-state index in [0.717, 1.165) is 15.2 Å². The minimum atomic E-state index is -1.10. The van der Waals surface area contributed by atoms with E-state index < -0.39 is 34.2 Å². The normalized spacial score (nSPS) is 10.3. The number of carbonyl (C=O) groups is 1. The van der Waals surface area contributed by atoms with Crippen molar-refractivity contribution in [1.82, 2.24) is 9.55 Å². The predicted octanol–water partition coefficient (Wildman–Crippen LogP) is 1.09. The van der Waals surface area contributed by atoms with Crippen LogP contribution in [0, 0.1) is 10.1 Å². The summed E-state index contributed by atoms with van der Waals surface area (Å²) in [7, 11) is 0. The molecule has 2 rings (SSSR count). The van der Waals surface area contributed by atoms with E-state index in [-0.39, 0.29) is 0 Å². The minimum absolute atomic E-state index is 0.346. The number of aromatic amines is 1. The number of Topliss-reactive ketones (excluding diaryl/α,β-unsaturated/α-hetero) is 1. The van der Waals surface area contributed by atoms with Gasteiger partial charge < -0.3 is 0 Å². The van der Waals surface area contributed by atoms with E-state index in [1.54, 1.807) is 29.2 Å². The van der Waals surface area contributed by atoms with E-state index in [9.17, 15) is 24.5 Å². The Morgan fingerprint density at radius 3 is 2.48 bits per heavy atom. The number of ketones is 1. The first kappa shape index (κ1) is 14.9. The van der Waals surface area contributed by atoms with Gasteiger partial charge in [-0.2, -0.15) is 0 Å². The molecule has 0 aliphatic carbocycles. The molecule has 9 heteroatoms. The number of halogens is 1. The highest BCUT2D eigenvalue weighted by Crippen LogP contribution is 2.11. The van der Waals surface area contributed by atoms with Gasteiger partial charge in [0, 0.05) is 10.0 Å². The van der Waals surface area contributed by atoms with E-state index in [1.807, 2.05) is 0 Å². The molecular formula is C12H8BrN3O5. The highest BCUT2D eigenvalue weighted by atomic mass is 79.9. The van der Waals surface area contributed by atoms with Crippen molar-refractivity contribution in [3.8, 4) is 0 Å². The van der Waals surface area contributed by atoms with Crippen molar-refractivity contribution in [3.63, 3.8) is 0 Å². The van der Waals surface area contributed by atoms with Crippen molar-refractivity contribution in [2.45, 2.75) is 6.54 Å². The van der Waals surface area contributed by atoms with Crippen molar-refractivity contribution in [1.29, 1.82) is 0 Å². The van der Waals surface area contributed by atoms with Gasteiger partial charge >= 0.3 is 16.9 Å². The Balaban J connectivity index is 2.35. The smallest absolute Gasteiger partial charge is 0.292 e. The maximum Gasteiger partial charge on any atom is 0.350 e. The number of aromatic nitrogens is 2. The standard InChI is InChI=1S/C12H8BrN3O5/c13-8-3-1-7(2-4-8)10(17)6-15-5-9(16(20)21)11(18)14-12(15)19/h1-5H,6H2,(H,14,18,19). The fourth-order valence-corrected chi connectivity index (χ4v) is 1.89. The van der Waals surface area contributed by atoms with Gasteiger partial charge in [0.05, 0.1) is 17.7 Å². The molecule has 108 valence electrons. The average molecular weight is 354 g/mol. The second-order valence-corrected chi connectivity index (χ2v) is 5.00. The quantitative estimate of drug-likeness (QED) is 0.501. The molecule has 1 aromatic carbocycles. The van der Waals surface area contributed by atoms with Gasteiger partial charge in [-0.15, -0.1) is 0 Å². The lowest BCUT2D eigenvalue weighted by Gasteiger charge is -2.04. The molecule has 1 aromatic heterocycles. The number of nitrogens with one attached hydrogen (secondary N) is 1. The van der Waals surface area contributed by atoms with Crippen LogP contribution in [-0.2, 0) is 6.54 Å². The Hall–Kier alpha value is -2.55. The molecule has 0 unspecified atom stereocenters. The molecule has 0 spiro atoms. The van der Waals surface area contributed by atoms with E-state index in [4.69, 9.17) is 0 Å². The first-order chi connectivity index (χ1) is 9.88. The Morgan fingerprint density at radius 1 is 1.29 bits per heavy atom. The van der Waals surface area contributed by atoms with E-state index in [2.05, 4.69) is 15.9 Å². The zero-order valence-corrected chi connectivity index (χ0v) is 12.0. The van der Waals surface area contributed by atoms with Crippen LogP contribution in [0.2, 0.25) is 0 Å². The third-order valence-corrected chi connectivity index (χ3v) is 3.20. The summed E-state index contributed by atoms with van der Waals surface area (Å²) in [6, 6.07) is 6.42. The van der Waals surface area contributed by atoms with Gasteiger partial charge in [-0.25, -0.2) is 4.79 Å². The van der Waals surface area contributed by atoms with Crippen molar-refractivity contribution >= 4 is 27.4 Å². The molecule has 21 heavy (non-hydrogen) atoms. The maximum atomic E-state index is 12.0. The molecule has 0 amide bonds. The van der Waals surface area contributed by atoms with Crippen LogP contribution in [0.1, 0.15) is 10.4 Å². The summed E-state index contributed by atoms with van der Waals surface area (Å²) in [5.41, 5.74) is -2.43.